The number of aromatic hydroxyl groups is 1. The molecule has 1 atom stereocenters. The zero-order valence-electron chi connectivity index (χ0n) is 14.3. The van der Waals surface area contributed by atoms with Gasteiger partial charge in [-0.2, -0.15) is 13.2 Å². The second kappa shape index (κ2) is 6.86. The highest BCUT2D eigenvalue weighted by Crippen LogP contribution is 2.34. The molecule has 0 spiro atoms. The number of hydrogen-bond acceptors (Lipinski definition) is 3. The number of dihydropyridines is 1. The number of aliphatic imine (C=N–C) groups is 1. The Labute approximate surface area is 149 Å². The standard InChI is InChI=1S/C20H18F3NO2/c1-12-9-15(14-5-8-19(26-2)18(25)11-14)10-17(24-12)13-3-6-16(7-4-13)20(21,22)23/h3-8,10-12,25H,9H2,1-2H3. The maximum atomic E-state index is 12.7. The summed E-state index contributed by atoms with van der Waals surface area (Å²) < 4.78 is 43.2. The van der Waals surface area contributed by atoms with E-state index in [2.05, 4.69) is 4.99 Å². The minimum Gasteiger partial charge on any atom is -0.504 e. The van der Waals surface area contributed by atoms with Crippen LogP contribution in [0.25, 0.3) is 5.57 Å². The molecule has 1 unspecified atom stereocenters. The van der Waals surface area contributed by atoms with Crippen LogP contribution in [0.4, 0.5) is 13.2 Å². The lowest BCUT2D eigenvalue weighted by molar-refractivity contribution is -0.137. The number of phenolic OH excluding ortho intramolecular Hbond substituents is 1. The van der Waals surface area contributed by atoms with Crippen molar-refractivity contribution < 1.29 is 23.0 Å². The van der Waals surface area contributed by atoms with Crippen LogP contribution < -0.4 is 4.74 Å². The van der Waals surface area contributed by atoms with Crippen LogP contribution in [0.5, 0.6) is 11.5 Å². The lowest BCUT2D eigenvalue weighted by atomic mass is 9.93. The quantitative estimate of drug-likeness (QED) is 0.828. The second-order valence-electron chi connectivity index (χ2n) is 6.20. The summed E-state index contributed by atoms with van der Waals surface area (Å²) >= 11 is 0. The number of phenols is 1. The predicted octanol–water partition coefficient (Wildman–Crippen LogP) is 5.08. The molecule has 1 heterocycles. The smallest absolute Gasteiger partial charge is 0.416 e. The number of halogens is 3. The van der Waals surface area contributed by atoms with E-state index < -0.39 is 11.7 Å². The van der Waals surface area contributed by atoms with Crippen LogP contribution in [0.3, 0.4) is 0 Å². The number of allylic oxidation sites excluding steroid dienone is 1. The fourth-order valence-corrected chi connectivity index (χ4v) is 2.94. The van der Waals surface area contributed by atoms with Gasteiger partial charge in [0.15, 0.2) is 11.5 Å². The minimum atomic E-state index is -4.36. The van der Waals surface area contributed by atoms with E-state index >= 15 is 0 Å². The van der Waals surface area contributed by atoms with Crippen LogP contribution in [0.15, 0.2) is 53.5 Å². The third kappa shape index (κ3) is 3.74. The van der Waals surface area contributed by atoms with E-state index in [0.717, 1.165) is 23.3 Å². The van der Waals surface area contributed by atoms with Crippen LogP contribution in [0.2, 0.25) is 0 Å². The summed E-state index contributed by atoms with van der Waals surface area (Å²) in [7, 11) is 1.48. The van der Waals surface area contributed by atoms with Crippen LogP contribution in [-0.2, 0) is 6.18 Å². The summed E-state index contributed by atoms with van der Waals surface area (Å²) in [5.74, 6) is 0.423. The second-order valence-corrected chi connectivity index (χ2v) is 6.20. The zero-order valence-corrected chi connectivity index (χ0v) is 14.3. The molecule has 1 aliphatic rings. The lowest BCUT2D eigenvalue weighted by Crippen LogP contribution is -2.13. The van der Waals surface area contributed by atoms with Gasteiger partial charge in [0.1, 0.15) is 0 Å². The SMILES string of the molecule is COc1ccc(C2=CC(c3ccc(C(F)(F)F)cc3)=NC(C)C2)cc1O. The number of alkyl halides is 3. The van der Waals surface area contributed by atoms with Crippen LogP contribution in [0.1, 0.15) is 30.0 Å². The van der Waals surface area contributed by atoms with Gasteiger partial charge in [-0.15, -0.1) is 0 Å². The van der Waals surface area contributed by atoms with Gasteiger partial charge in [0, 0.05) is 0 Å². The zero-order chi connectivity index (χ0) is 18.9. The van der Waals surface area contributed by atoms with Gasteiger partial charge in [-0.1, -0.05) is 18.2 Å². The summed E-state index contributed by atoms with van der Waals surface area (Å²) in [6.45, 7) is 1.94. The molecule has 0 saturated heterocycles. The first-order chi connectivity index (χ1) is 12.3. The lowest BCUT2D eigenvalue weighted by Gasteiger charge is -2.19. The van der Waals surface area contributed by atoms with Crippen LogP contribution >= 0.6 is 0 Å². The molecule has 0 radical (unpaired) electrons. The van der Waals surface area contributed by atoms with Crippen molar-refractivity contribution in [2.75, 3.05) is 7.11 Å². The number of ether oxygens (including phenoxy) is 1. The molecule has 0 saturated carbocycles. The topological polar surface area (TPSA) is 41.8 Å². The molecule has 1 N–H and O–H groups in total. The van der Waals surface area contributed by atoms with Crippen molar-refractivity contribution in [2.24, 2.45) is 4.99 Å². The highest BCUT2D eigenvalue weighted by Gasteiger charge is 2.30. The molecule has 3 nitrogen and oxygen atoms in total. The summed E-state index contributed by atoms with van der Waals surface area (Å²) in [5.41, 5.74) is 2.35. The molecule has 3 rings (SSSR count). The first-order valence-electron chi connectivity index (χ1n) is 8.11. The van der Waals surface area contributed by atoms with Crippen molar-refractivity contribution in [3.8, 4) is 11.5 Å². The van der Waals surface area contributed by atoms with Gasteiger partial charge >= 0.3 is 6.18 Å². The molecular weight excluding hydrogens is 343 g/mol. The van der Waals surface area contributed by atoms with E-state index in [1.54, 1.807) is 12.1 Å². The fraction of sp³-hybridized carbons (Fsp3) is 0.250. The summed E-state index contributed by atoms with van der Waals surface area (Å²) in [4.78, 5) is 4.55. The molecule has 26 heavy (non-hydrogen) atoms. The summed E-state index contributed by atoms with van der Waals surface area (Å²) in [6, 6.07) is 10.1. The maximum absolute atomic E-state index is 12.7. The minimum absolute atomic E-state index is 0.0171. The fourth-order valence-electron chi connectivity index (χ4n) is 2.94. The molecule has 0 aromatic heterocycles. The Morgan fingerprint density at radius 1 is 1.08 bits per heavy atom. The number of hydrogen-bond donors (Lipinski definition) is 1. The van der Waals surface area contributed by atoms with Crippen molar-refractivity contribution in [3.05, 3.63) is 65.2 Å². The van der Waals surface area contributed by atoms with Crippen molar-refractivity contribution >= 4 is 11.3 Å². The van der Waals surface area contributed by atoms with Gasteiger partial charge in [-0.3, -0.25) is 4.99 Å². The first-order valence-corrected chi connectivity index (χ1v) is 8.11. The van der Waals surface area contributed by atoms with Gasteiger partial charge in [-0.05, 0) is 60.4 Å². The van der Waals surface area contributed by atoms with Gasteiger partial charge in [-0.25, -0.2) is 0 Å². The molecule has 2 aromatic rings. The Hall–Kier alpha value is -2.76. The highest BCUT2D eigenvalue weighted by atomic mass is 19.4. The number of rotatable bonds is 3. The molecule has 2 aromatic carbocycles. The van der Waals surface area contributed by atoms with E-state index in [1.807, 2.05) is 19.1 Å². The molecule has 0 bridgehead atoms. The van der Waals surface area contributed by atoms with Crippen molar-refractivity contribution in [1.29, 1.82) is 0 Å². The van der Waals surface area contributed by atoms with Crippen molar-refractivity contribution in [2.45, 2.75) is 25.6 Å². The Morgan fingerprint density at radius 2 is 1.73 bits per heavy atom. The average Bonchev–Trinajstić information content (AvgIpc) is 2.60. The van der Waals surface area contributed by atoms with Crippen LogP contribution in [0, 0.1) is 0 Å². The molecule has 0 amide bonds. The monoisotopic (exact) mass is 361 g/mol. The maximum Gasteiger partial charge on any atom is 0.416 e. The van der Waals surface area contributed by atoms with E-state index in [0.29, 0.717) is 23.4 Å². The molecular formula is C20H18F3NO2. The van der Waals surface area contributed by atoms with Gasteiger partial charge in [0.25, 0.3) is 0 Å². The van der Waals surface area contributed by atoms with Gasteiger partial charge < -0.3 is 9.84 Å². The Morgan fingerprint density at radius 3 is 2.31 bits per heavy atom. The number of benzene rings is 2. The number of nitrogens with zero attached hydrogens (tertiary/aromatic N) is 1. The largest absolute Gasteiger partial charge is 0.504 e. The highest BCUT2D eigenvalue weighted by molar-refractivity contribution is 6.13. The van der Waals surface area contributed by atoms with E-state index in [9.17, 15) is 18.3 Å². The normalized spacial score (nSPS) is 17.5. The molecule has 0 fully saturated rings. The molecule has 6 heteroatoms. The number of methoxy groups -OCH3 is 1. The van der Waals surface area contributed by atoms with Gasteiger partial charge in [0.05, 0.1) is 24.4 Å². The third-order valence-corrected chi connectivity index (χ3v) is 4.24. The van der Waals surface area contributed by atoms with Gasteiger partial charge in [0.2, 0.25) is 0 Å². The van der Waals surface area contributed by atoms with E-state index in [-0.39, 0.29) is 11.8 Å². The third-order valence-electron chi connectivity index (χ3n) is 4.24. The average molecular weight is 361 g/mol. The Balaban J connectivity index is 1.94. The van der Waals surface area contributed by atoms with E-state index in [1.165, 1.54) is 19.2 Å². The molecule has 136 valence electrons. The van der Waals surface area contributed by atoms with E-state index in [4.69, 9.17) is 4.74 Å². The molecule has 0 aliphatic carbocycles. The predicted molar refractivity (Wildman–Crippen MR) is 94.7 cm³/mol. The Kier molecular flexibility index (Phi) is 4.76. The summed E-state index contributed by atoms with van der Waals surface area (Å²) in [6.07, 6.45) is -1.83. The Bertz CT molecular complexity index is 868. The van der Waals surface area contributed by atoms with Crippen molar-refractivity contribution in [3.63, 3.8) is 0 Å². The van der Waals surface area contributed by atoms with Crippen LogP contribution in [-0.4, -0.2) is 24.0 Å². The van der Waals surface area contributed by atoms with Crippen molar-refractivity contribution in [1.82, 2.24) is 0 Å². The summed E-state index contributed by atoms with van der Waals surface area (Å²) in [5, 5.41) is 9.99. The molecule has 1 aliphatic heterocycles. The first kappa shape index (κ1) is 18.0.